The Morgan fingerprint density at radius 3 is 2.71 bits per heavy atom. The average Bonchev–Trinajstić information content (AvgIpc) is 3.12. The summed E-state index contributed by atoms with van der Waals surface area (Å²) in [7, 11) is 0. The second kappa shape index (κ2) is 5.03. The number of oxazole rings is 1. The Morgan fingerprint density at radius 2 is 1.92 bits per heavy atom. The van der Waals surface area contributed by atoms with Crippen LogP contribution in [0.4, 0.5) is 5.69 Å². The third-order valence-electron chi connectivity index (χ3n) is 4.44. The first-order valence-electron chi connectivity index (χ1n) is 7.80. The minimum atomic E-state index is -0.505. The summed E-state index contributed by atoms with van der Waals surface area (Å²) in [6, 6.07) is 9.67. The van der Waals surface area contributed by atoms with E-state index in [0.717, 1.165) is 28.1 Å². The van der Waals surface area contributed by atoms with Gasteiger partial charge in [-0.25, -0.2) is 4.98 Å². The van der Waals surface area contributed by atoms with Crippen molar-refractivity contribution in [2.45, 2.75) is 26.2 Å². The van der Waals surface area contributed by atoms with E-state index in [0.29, 0.717) is 11.7 Å². The highest BCUT2D eigenvalue weighted by Gasteiger charge is 2.38. The fourth-order valence-corrected chi connectivity index (χ4v) is 2.97. The Morgan fingerprint density at radius 1 is 1.08 bits per heavy atom. The summed E-state index contributed by atoms with van der Waals surface area (Å²) < 4.78 is 5.90. The second-order valence-corrected chi connectivity index (χ2v) is 6.56. The number of aromatic nitrogens is 2. The Hall–Kier alpha value is -2.95. The molecule has 0 aliphatic carbocycles. The lowest BCUT2D eigenvalue weighted by molar-refractivity contribution is -0.119. The molecular weight excluding hydrogens is 302 g/mol. The minimum absolute atomic E-state index is 0.0140. The number of carbonyl (C=O) groups is 1. The topological polar surface area (TPSA) is 68.0 Å². The standard InChI is InChI=1S/C19H17N3O2/c1-11-8-13(6-7-20-11)17-21-10-16(24-17)12-4-5-14-15(9-12)22-18(23)19(14,2)3/h4-10H,1-3H3,(H,22,23). The highest BCUT2D eigenvalue weighted by molar-refractivity contribution is 6.06. The van der Waals surface area contributed by atoms with Gasteiger partial charge in [0.1, 0.15) is 0 Å². The van der Waals surface area contributed by atoms with E-state index in [1.54, 1.807) is 12.4 Å². The number of hydrogen-bond donors (Lipinski definition) is 1. The number of aryl methyl sites for hydroxylation is 1. The van der Waals surface area contributed by atoms with E-state index in [2.05, 4.69) is 15.3 Å². The van der Waals surface area contributed by atoms with Crippen LogP contribution in [-0.4, -0.2) is 15.9 Å². The van der Waals surface area contributed by atoms with Crippen LogP contribution in [-0.2, 0) is 10.2 Å². The number of carbonyl (C=O) groups excluding carboxylic acids is 1. The summed E-state index contributed by atoms with van der Waals surface area (Å²) in [5.74, 6) is 1.24. The monoisotopic (exact) mass is 319 g/mol. The number of nitrogens with zero attached hydrogens (tertiary/aromatic N) is 2. The lowest BCUT2D eigenvalue weighted by Crippen LogP contribution is -2.26. The molecule has 0 unspecified atom stereocenters. The molecule has 1 amide bonds. The molecule has 0 saturated heterocycles. The van der Waals surface area contributed by atoms with Crippen LogP contribution in [0.5, 0.6) is 0 Å². The molecule has 24 heavy (non-hydrogen) atoms. The Kier molecular flexibility index (Phi) is 3.06. The molecule has 2 aromatic heterocycles. The molecule has 4 rings (SSSR count). The van der Waals surface area contributed by atoms with Gasteiger partial charge < -0.3 is 9.73 Å². The van der Waals surface area contributed by atoms with E-state index in [1.165, 1.54) is 0 Å². The highest BCUT2D eigenvalue weighted by atomic mass is 16.4. The van der Waals surface area contributed by atoms with Gasteiger partial charge in [-0.3, -0.25) is 9.78 Å². The van der Waals surface area contributed by atoms with Gasteiger partial charge in [0.25, 0.3) is 0 Å². The minimum Gasteiger partial charge on any atom is -0.436 e. The molecule has 0 radical (unpaired) electrons. The summed E-state index contributed by atoms with van der Waals surface area (Å²) >= 11 is 0. The van der Waals surface area contributed by atoms with Gasteiger partial charge in [0.05, 0.1) is 11.6 Å². The average molecular weight is 319 g/mol. The smallest absolute Gasteiger partial charge is 0.234 e. The number of pyridine rings is 1. The number of nitrogens with one attached hydrogen (secondary N) is 1. The predicted octanol–water partition coefficient (Wildman–Crippen LogP) is 3.94. The van der Waals surface area contributed by atoms with Gasteiger partial charge in [-0.15, -0.1) is 0 Å². The van der Waals surface area contributed by atoms with Crippen molar-refractivity contribution in [1.82, 2.24) is 9.97 Å². The molecule has 120 valence electrons. The molecule has 3 heterocycles. The maximum atomic E-state index is 12.1. The van der Waals surface area contributed by atoms with Crippen LogP contribution in [0, 0.1) is 6.92 Å². The lowest BCUT2D eigenvalue weighted by atomic mass is 9.86. The molecule has 1 aromatic carbocycles. The van der Waals surface area contributed by atoms with Crippen LogP contribution in [0.1, 0.15) is 25.1 Å². The molecule has 0 fully saturated rings. The predicted molar refractivity (Wildman–Crippen MR) is 91.6 cm³/mol. The summed E-state index contributed by atoms with van der Waals surface area (Å²) in [6.07, 6.45) is 3.44. The van der Waals surface area contributed by atoms with Gasteiger partial charge in [0.2, 0.25) is 11.8 Å². The van der Waals surface area contributed by atoms with Gasteiger partial charge in [0, 0.05) is 28.7 Å². The normalized spacial score (nSPS) is 15.2. The van der Waals surface area contributed by atoms with Crippen molar-refractivity contribution in [2.75, 3.05) is 5.32 Å². The molecule has 1 N–H and O–H groups in total. The van der Waals surface area contributed by atoms with Crippen molar-refractivity contribution in [2.24, 2.45) is 0 Å². The van der Waals surface area contributed by atoms with Crippen LogP contribution in [0.15, 0.2) is 47.1 Å². The van der Waals surface area contributed by atoms with Gasteiger partial charge >= 0.3 is 0 Å². The maximum absolute atomic E-state index is 12.1. The van der Waals surface area contributed by atoms with E-state index in [-0.39, 0.29) is 5.91 Å². The van der Waals surface area contributed by atoms with Crippen LogP contribution in [0.25, 0.3) is 22.8 Å². The number of amides is 1. The quantitative estimate of drug-likeness (QED) is 0.777. The molecule has 5 nitrogen and oxygen atoms in total. The van der Waals surface area contributed by atoms with Crippen molar-refractivity contribution >= 4 is 11.6 Å². The van der Waals surface area contributed by atoms with Gasteiger partial charge in [-0.2, -0.15) is 0 Å². The number of fused-ring (bicyclic) bond motifs is 1. The van der Waals surface area contributed by atoms with Crippen LogP contribution < -0.4 is 5.32 Å². The summed E-state index contributed by atoms with van der Waals surface area (Å²) in [5.41, 5.74) is 4.02. The first-order chi connectivity index (χ1) is 11.4. The lowest BCUT2D eigenvalue weighted by Gasteiger charge is -2.14. The van der Waals surface area contributed by atoms with E-state index in [1.807, 2.05) is 51.1 Å². The summed E-state index contributed by atoms with van der Waals surface area (Å²) in [4.78, 5) is 20.6. The molecule has 1 aliphatic heterocycles. The molecule has 1 aliphatic rings. The fraction of sp³-hybridized carbons (Fsp3) is 0.211. The van der Waals surface area contributed by atoms with E-state index >= 15 is 0 Å². The number of hydrogen-bond acceptors (Lipinski definition) is 4. The number of anilines is 1. The largest absolute Gasteiger partial charge is 0.436 e. The Balaban J connectivity index is 1.72. The van der Waals surface area contributed by atoms with Crippen LogP contribution >= 0.6 is 0 Å². The SMILES string of the molecule is Cc1cc(-c2ncc(-c3ccc4c(c3)NC(=O)C4(C)C)o2)ccn1. The molecule has 0 spiro atoms. The zero-order valence-electron chi connectivity index (χ0n) is 13.8. The van der Waals surface area contributed by atoms with E-state index in [9.17, 15) is 4.79 Å². The van der Waals surface area contributed by atoms with Gasteiger partial charge in [-0.05, 0) is 44.5 Å². The molecule has 0 bridgehead atoms. The molecule has 3 aromatic rings. The summed E-state index contributed by atoms with van der Waals surface area (Å²) in [6.45, 7) is 5.77. The van der Waals surface area contributed by atoms with Crippen molar-refractivity contribution in [3.8, 4) is 22.8 Å². The third kappa shape index (κ3) is 2.21. The molecule has 0 saturated carbocycles. The Bertz CT molecular complexity index is 957. The first kappa shape index (κ1) is 14.6. The zero-order valence-corrected chi connectivity index (χ0v) is 13.8. The van der Waals surface area contributed by atoms with Crippen LogP contribution in [0.3, 0.4) is 0 Å². The molecule has 5 heteroatoms. The summed E-state index contributed by atoms with van der Waals surface area (Å²) in [5, 5.41) is 2.93. The van der Waals surface area contributed by atoms with Crippen LogP contribution in [0.2, 0.25) is 0 Å². The third-order valence-corrected chi connectivity index (χ3v) is 4.44. The van der Waals surface area contributed by atoms with Crippen molar-refractivity contribution in [3.05, 3.63) is 54.0 Å². The first-order valence-corrected chi connectivity index (χ1v) is 7.80. The van der Waals surface area contributed by atoms with E-state index < -0.39 is 5.41 Å². The molecular formula is C19H17N3O2. The van der Waals surface area contributed by atoms with Gasteiger partial charge in [-0.1, -0.05) is 12.1 Å². The number of rotatable bonds is 2. The molecule has 0 atom stereocenters. The highest BCUT2D eigenvalue weighted by Crippen LogP contribution is 2.39. The van der Waals surface area contributed by atoms with E-state index in [4.69, 9.17) is 4.42 Å². The maximum Gasteiger partial charge on any atom is 0.234 e. The Labute approximate surface area is 139 Å². The van der Waals surface area contributed by atoms with Gasteiger partial charge in [0.15, 0.2) is 5.76 Å². The van der Waals surface area contributed by atoms with Crippen molar-refractivity contribution in [3.63, 3.8) is 0 Å². The zero-order chi connectivity index (χ0) is 16.9. The van der Waals surface area contributed by atoms with Crippen molar-refractivity contribution in [1.29, 1.82) is 0 Å². The number of benzene rings is 1. The van der Waals surface area contributed by atoms with Crippen molar-refractivity contribution < 1.29 is 9.21 Å². The fourth-order valence-electron chi connectivity index (χ4n) is 2.97. The second-order valence-electron chi connectivity index (χ2n) is 6.56.